The lowest BCUT2D eigenvalue weighted by Crippen LogP contribution is -1.94. The molecule has 4 N–H and O–H groups in total. The molecule has 2 heterocycles. The first-order valence-electron chi connectivity index (χ1n) is 7.31. The summed E-state index contributed by atoms with van der Waals surface area (Å²) in [5.74, 6) is 1.04. The van der Waals surface area contributed by atoms with Gasteiger partial charge < -0.3 is 20.3 Å². The van der Waals surface area contributed by atoms with Crippen LogP contribution in [-0.4, -0.2) is 9.97 Å². The summed E-state index contributed by atoms with van der Waals surface area (Å²) in [5, 5.41) is 0. The van der Waals surface area contributed by atoms with Gasteiger partial charge in [0.1, 0.15) is 12.5 Å². The number of aromatic nitrogens is 2. The molecule has 0 radical (unpaired) electrons. The van der Waals surface area contributed by atoms with E-state index in [1.165, 1.54) is 12.5 Å². The third-order valence-corrected chi connectivity index (χ3v) is 3.68. The van der Waals surface area contributed by atoms with Crippen molar-refractivity contribution in [1.82, 2.24) is 9.97 Å². The van der Waals surface area contributed by atoms with E-state index in [4.69, 9.17) is 20.3 Å². The van der Waals surface area contributed by atoms with Gasteiger partial charge in [-0.3, -0.25) is 0 Å². The average Bonchev–Trinajstić information content (AvgIpc) is 3.28. The molecule has 118 valence electrons. The van der Waals surface area contributed by atoms with Crippen LogP contribution < -0.4 is 11.5 Å². The first kappa shape index (κ1) is 14.1. The molecule has 0 amide bonds. The standard InChI is InChI=1S/C18H14N4O2/c19-14-8-12(7-13(9-14)18-22-4-6-24-18)15-10-11(1-2-16(15)20)17-21-3-5-23-17/h1-10H,19-20H2. The number of nitrogens with two attached hydrogens (primary N) is 2. The Balaban J connectivity index is 1.85. The van der Waals surface area contributed by atoms with Gasteiger partial charge in [0.25, 0.3) is 0 Å². The molecule has 0 aliphatic rings. The van der Waals surface area contributed by atoms with Crippen molar-refractivity contribution in [2.45, 2.75) is 0 Å². The monoisotopic (exact) mass is 318 g/mol. The summed E-state index contributed by atoms with van der Waals surface area (Å²) in [6.07, 6.45) is 6.25. The zero-order chi connectivity index (χ0) is 16.5. The van der Waals surface area contributed by atoms with Gasteiger partial charge in [-0.1, -0.05) is 0 Å². The molecule has 2 aromatic carbocycles. The van der Waals surface area contributed by atoms with E-state index in [1.54, 1.807) is 12.4 Å². The fourth-order valence-corrected chi connectivity index (χ4v) is 2.60. The highest BCUT2D eigenvalue weighted by atomic mass is 16.3. The number of anilines is 2. The van der Waals surface area contributed by atoms with Gasteiger partial charge in [-0.2, -0.15) is 0 Å². The number of benzene rings is 2. The van der Waals surface area contributed by atoms with Gasteiger partial charge in [-0.15, -0.1) is 0 Å². The zero-order valence-corrected chi connectivity index (χ0v) is 12.6. The van der Waals surface area contributed by atoms with Crippen molar-refractivity contribution in [2.24, 2.45) is 0 Å². The number of nitrogen functional groups attached to an aromatic ring is 2. The van der Waals surface area contributed by atoms with Crippen LogP contribution in [0, 0.1) is 0 Å². The molecule has 0 aliphatic heterocycles. The quantitative estimate of drug-likeness (QED) is 0.556. The summed E-state index contributed by atoms with van der Waals surface area (Å²) in [4.78, 5) is 8.33. The van der Waals surface area contributed by atoms with Gasteiger partial charge >= 0.3 is 0 Å². The van der Waals surface area contributed by atoms with Gasteiger partial charge in [-0.05, 0) is 42.0 Å². The van der Waals surface area contributed by atoms with Crippen LogP contribution in [0.4, 0.5) is 11.4 Å². The van der Waals surface area contributed by atoms with E-state index in [2.05, 4.69) is 9.97 Å². The van der Waals surface area contributed by atoms with Crippen LogP contribution in [0.3, 0.4) is 0 Å². The molecule has 4 rings (SSSR count). The number of hydrogen-bond acceptors (Lipinski definition) is 6. The molecule has 0 saturated heterocycles. The molecular weight excluding hydrogens is 304 g/mol. The molecule has 0 saturated carbocycles. The van der Waals surface area contributed by atoms with Crippen molar-refractivity contribution >= 4 is 11.4 Å². The fraction of sp³-hybridized carbons (Fsp3) is 0. The van der Waals surface area contributed by atoms with Crippen molar-refractivity contribution < 1.29 is 8.83 Å². The minimum absolute atomic E-state index is 0.506. The molecule has 0 unspecified atom stereocenters. The molecule has 24 heavy (non-hydrogen) atoms. The molecule has 0 spiro atoms. The highest BCUT2D eigenvalue weighted by Gasteiger charge is 2.12. The molecule has 0 fully saturated rings. The van der Waals surface area contributed by atoms with E-state index >= 15 is 0 Å². The Kier molecular flexibility index (Phi) is 3.28. The van der Waals surface area contributed by atoms with Crippen LogP contribution in [0.25, 0.3) is 34.0 Å². The van der Waals surface area contributed by atoms with Crippen LogP contribution in [0.1, 0.15) is 0 Å². The number of nitrogens with zero attached hydrogens (tertiary/aromatic N) is 2. The molecule has 0 atom stereocenters. The van der Waals surface area contributed by atoms with Gasteiger partial charge in [0.2, 0.25) is 11.8 Å². The molecule has 0 aliphatic carbocycles. The van der Waals surface area contributed by atoms with E-state index in [1.807, 2.05) is 36.4 Å². The SMILES string of the molecule is Nc1cc(-c2ncco2)cc(-c2cc(-c3ncco3)ccc2N)c1. The van der Waals surface area contributed by atoms with Crippen LogP contribution in [0.2, 0.25) is 0 Å². The second kappa shape index (κ2) is 5.58. The Bertz CT molecular complexity index is 976. The van der Waals surface area contributed by atoms with E-state index < -0.39 is 0 Å². The molecule has 4 aromatic rings. The summed E-state index contributed by atoms with van der Waals surface area (Å²) in [6, 6.07) is 11.2. The topological polar surface area (TPSA) is 104 Å². The minimum atomic E-state index is 0.506. The highest BCUT2D eigenvalue weighted by molar-refractivity contribution is 5.84. The van der Waals surface area contributed by atoms with E-state index in [9.17, 15) is 0 Å². The van der Waals surface area contributed by atoms with Gasteiger partial charge in [0.15, 0.2) is 0 Å². The largest absolute Gasteiger partial charge is 0.445 e. The highest BCUT2D eigenvalue weighted by Crippen LogP contribution is 2.34. The first-order valence-corrected chi connectivity index (χ1v) is 7.31. The second-order valence-electron chi connectivity index (χ2n) is 5.32. The first-order chi connectivity index (χ1) is 11.7. The fourth-order valence-electron chi connectivity index (χ4n) is 2.60. The van der Waals surface area contributed by atoms with Crippen molar-refractivity contribution in [3.05, 3.63) is 61.3 Å². The third kappa shape index (κ3) is 2.50. The number of hydrogen-bond donors (Lipinski definition) is 2. The molecule has 6 heteroatoms. The van der Waals surface area contributed by atoms with Crippen molar-refractivity contribution in [3.8, 4) is 34.0 Å². The molecule has 2 aromatic heterocycles. The summed E-state index contributed by atoms with van der Waals surface area (Å²) in [7, 11) is 0. The Labute approximate surface area is 137 Å². The van der Waals surface area contributed by atoms with Crippen molar-refractivity contribution in [1.29, 1.82) is 0 Å². The lowest BCUT2D eigenvalue weighted by Gasteiger charge is -2.10. The summed E-state index contributed by atoms with van der Waals surface area (Å²) >= 11 is 0. The molecule has 6 nitrogen and oxygen atoms in total. The Morgan fingerprint density at radius 2 is 1.38 bits per heavy atom. The second-order valence-corrected chi connectivity index (χ2v) is 5.32. The maximum atomic E-state index is 6.16. The summed E-state index contributed by atoms with van der Waals surface area (Å²) in [6.45, 7) is 0. The third-order valence-electron chi connectivity index (χ3n) is 3.68. The smallest absolute Gasteiger partial charge is 0.225 e. The maximum Gasteiger partial charge on any atom is 0.225 e. The predicted molar refractivity (Wildman–Crippen MR) is 91.7 cm³/mol. The predicted octanol–water partition coefficient (Wildman–Crippen LogP) is 3.83. The van der Waals surface area contributed by atoms with Crippen LogP contribution in [0.15, 0.2) is 70.2 Å². The lowest BCUT2D eigenvalue weighted by molar-refractivity contribution is 0.574. The van der Waals surface area contributed by atoms with E-state index in [-0.39, 0.29) is 0 Å². The zero-order valence-electron chi connectivity index (χ0n) is 12.6. The number of oxazole rings is 2. The van der Waals surface area contributed by atoms with Crippen LogP contribution in [-0.2, 0) is 0 Å². The van der Waals surface area contributed by atoms with Crippen LogP contribution in [0.5, 0.6) is 0 Å². The molecular formula is C18H14N4O2. The Morgan fingerprint density at radius 3 is 2.04 bits per heavy atom. The summed E-state index contributed by atoms with van der Waals surface area (Å²) in [5.41, 5.74) is 16.8. The Hall–Kier alpha value is -3.54. The van der Waals surface area contributed by atoms with E-state index in [0.717, 1.165) is 22.3 Å². The normalized spacial score (nSPS) is 10.8. The van der Waals surface area contributed by atoms with Gasteiger partial charge in [0, 0.05) is 28.1 Å². The average molecular weight is 318 g/mol. The Morgan fingerprint density at radius 1 is 0.708 bits per heavy atom. The van der Waals surface area contributed by atoms with Gasteiger partial charge in [0.05, 0.1) is 12.4 Å². The van der Waals surface area contributed by atoms with Crippen molar-refractivity contribution in [3.63, 3.8) is 0 Å². The maximum absolute atomic E-state index is 6.16. The summed E-state index contributed by atoms with van der Waals surface area (Å²) < 4.78 is 10.7. The lowest BCUT2D eigenvalue weighted by atomic mass is 9.98. The molecule has 0 bridgehead atoms. The van der Waals surface area contributed by atoms with Crippen LogP contribution >= 0.6 is 0 Å². The van der Waals surface area contributed by atoms with Gasteiger partial charge in [-0.25, -0.2) is 9.97 Å². The number of rotatable bonds is 3. The minimum Gasteiger partial charge on any atom is -0.445 e. The van der Waals surface area contributed by atoms with E-state index in [0.29, 0.717) is 23.2 Å². The van der Waals surface area contributed by atoms with Crippen molar-refractivity contribution in [2.75, 3.05) is 11.5 Å².